The van der Waals surface area contributed by atoms with Crippen molar-refractivity contribution in [2.45, 2.75) is 34.1 Å². The Bertz CT molecular complexity index is 335. The maximum absolute atomic E-state index is 4.34. The van der Waals surface area contributed by atoms with Crippen LogP contribution in [0.25, 0.3) is 0 Å². The van der Waals surface area contributed by atoms with Gasteiger partial charge in [0, 0.05) is 13.3 Å². The Labute approximate surface area is 92.6 Å². The molecule has 0 bridgehead atoms. The number of aromatic nitrogens is 2. The van der Waals surface area contributed by atoms with E-state index in [1.807, 2.05) is 27.8 Å². The molecule has 0 saturated heterocycles. The van der Waals surface area contributed by atoms with Crippen LogP contribution in [0.3, 0.4) is 0 Å². The monoisotopic (exact) mass is 207 g/mol. The Kier molecular flexibility index (Phi) is 6.34. The molecule has 0 fully saturated rings. The van der Waals surface area contributed by atoms with E-state index in [-0.39, 0.29) is 0 Å². The van der Waals surface area contributed by atoms with Crippen LogP contribution in [0.4, 0.5) is 5.82 Å². The molecule has 1 aromatic rings. The lowest BCUT2D eigenvalue weighted by molar-refractivity contribution is 0.797. The zero-order chi connectivity index (χ0) is 11.8. The van der Waals surface area contributed by atoms with Crippen molar-refractivity contribution in [3.63, 3.8) is 0 Å². The van der Waals surface area contributed by atoms with Gasteiger partial charge >= 0.3 is 0 Å². The van der Waals surface area contributed by atoms with Crippen molar-refractivity contribution in [3.8, 4) is 0 Å². The number of hydrogen-bond acceptors (Lipinski definition) is 2. The van der Waals surface area contributed by atoms with Crippen LogP contribution in [0.1, 0.15) is 32.3 Å². The zero-order valence-corrected chi connectivity index (χ0v) is 10.4. The average Bonchev–Trinajstić information content (AvgIpc) is 2.54. The Balaban J connectivity index is 0.000000921. The minimum absolute atomic E-state index is 0.808. The molecule has 0 N–H and O–H groups in total. The molecule has 3 nitrogen and oxygen atoms in total. The van der Waals surface area contributed by atoms with Gasteiger partial charge in [-0.1, -0.05) is 33.4 Å². The quantitative estimate of drug-likeness (QED) is 0.700. The van der Waals surface area contributed by atoms with Gasteiger partial charge in [0.05, 0.1) is 5.69 Å². The predicted octanol–water partition coefficient (Wildman–Crippen LogP) is 3.21. The van der Waals surface area contributed by atoms with Crippen LogP contribution in [0.15, 0.2) is 17.6 Å². The van der Waals surface area contributed by atoms with Gasteiger partial charge in [-0.2, -0.15) is 0 Å². The first-order valence-electron chi connectivity index (χ1n) is 5.38. The molecular weight excluding hydrogens is 186 g/mol. The van der Waals surface area contributed by atoms with Crippen LogP contribution < -0.4 is 0 Å². The first-order valence-corrected chi connectivity index (χ1v) is 5.38. The molecule has 0 saturated carbocycles. The van der Waals surface area contributed by atoms with Crippen LogP contribution in [0, 0.1) is 6.92 Å². The fraction of sp³-hybridized carbons (Fsp3) is 0.500. The van der Waals surface area contributed by atoms with E-state index in [2.05, 4.69) is 28.0 Å². The van der Waals surface area contributed by atoms with Crippen LogP contribution in [-0.4, -0.2) is 15.8 Å². The highest BCUT2D eigenvalue weighted by Gasteiger charge is 2.07. The molecule has 0 amide bonds. The fourth-order valence-electron chi connectivity index (χ4n) is 1.26. The fourth-order valence-corrected chi connectivity index (χ4v) is 1.26. The minimum Gasteiger partial charge on any atom is -0.333 e. The third-order valence-corrected chi connectivity index (χ3v) is 2.05. The average molecular weight is 207 g/mol. The van der Waals surface area contributed by atoms with Crippen molar-refractivity contribution in [3.05, 3.63) is 24.2 Å². The van der Waals surface area contributed by atoms with E-state index in [4.69, 9.17) is 0 Å². The van der Waals surface area contributed by atoms with E-state index < -0.39 is 0 Å². The normalized spacial score (nSPS) is 9.93. The second-order valence-corrected chi connectivity index (χ2v) is 2.86. The molecule has 0 aromatic carbocycles. The van der Waals surface area contributed by atoms with Crippen LogP contribution in [0.2, 0.25) is 0 Å². The van der Waals surface area contributed by atoms with Crippen molar-refractivity contribution in [2.24, 2.45) is 12.0 Å². The molecule has 3 heteroatoms. The molecule has 1 aromatic heterocycles. The molecule has 1 rings (SSSR count). The molecule has 0 aliphatic heterocycles. The molecule has 1 heterocycles. The standard InChI is InChI=1S/C10H15N3.C2H6/c1-5-7-11-10-9(6-2)13(4)8(3)12-10;1-2/h5,7H,1,6H2,2-4H3;1-2H3/b11-7-;. The maximum Gasteiger partial charge on any atom is 0.173 e. The predicted molar refractivity (Wildman–Crippen MR) is 67.0 cm³/mol. The molecule has 0 unspecified atom stereocenters. The lowest BCUT2D eigenvalue weighted by Crippen LogP contribution is -1.96. The van der Waals surface area contributed by atoms with E-state index in [1.54, 1.807) is 12.3 Å². The number of nitrogens with zero attached hydrogens (tertiary/aromatic N) is 3. The van der Waals surface area contributed by atoms with Crippen molar-refractivity contribution in [1.82, 2.24) is 9.55 Å². The Hall–Kier alpha value is -1.38. The molecule has 0 radical (unpaired) electrons. The highest BCUT2D eigenvalue weighted by molar-refractivity contribution is 5.73. The number of aliphatic imine (C=N–C) groups is 1. The summed E-state index contributed by atoms with van der Waals surface area (Å²) in [7, 11) is 2.01. The highest BCUT2D eigenvalue weighted by Crippen LogP contribution is 2.18. The summed E-state index contributed by atoms with van der Waals surface area (Å²) in [6, 6.07) is 0. The van der Waals surface area contributed by atoms with E-state index in [0.717, 1.165) is 23.8 Å². The van der Waals surface area contributed by atoms with Crippen molar-refractivity contribution < 1.29 is 0 Å². The van der Waals surface area contributed by atoms with Gasteiger partial charge < -0.3 is 4.57 Å². The molecule has 0 spiro atoms. The van der Waals surface area contributed by atoms with Gasteiger partial charge in [-0.3, -0.25) is 0 Å². The zero-order valence-electron chi connectivity index (χ0n) is 10.4. The SMILES string of the molecule is C=C/C=N\c1nc(C)n(C)c1CC.CC. The molecule has 0 aliphatic carbocycles. The van der Waals surface area contributed by atoms with E-state index in [1.165, 1.54) is 0 Å². The van der Waals surface area contributed by atoms with Crippen molar-refractivity contribution in [2.75, 3.05) is 0 Å². The molecule has 15 heavy (non-hydrogen) atoms. The smallest absolute Gasteiger partial charge is 0.173 e. The van der Waals surface area contributed by atoms with Crippen molar-refractivity contribution >= 4 is 12.0 Å². The van der Waals surface area contributed by atoms with Gasteiger partial charge in [0.1, 0.15) is 5.82 Å². The van der Waals surface area contributed by atoms with E-state index in [9.17, 15) is 0 Å². The van der Waals surface area contributed by atoms with Crippen LogP contribution >= 0.6 is 0 Å². The Morgan fingerprint density at radius 2 is 2.07 bits per heavy atom. The van der Waals surface area contributed by atoms with Gasteiger partial charge in [-0.25, -0.2) is 9.98 Å². The summed E-state index contributed by atoms with van der Waals surface area (Å²) >= 11 is 0. The second-order valence-electron chi connectivity index (χ2n) is 2.86. The summed E-state index contributed by atoms with van der Waals surface area (Å²) in [5, 5.41) is 0. The molecule has 0 atom stereocenters. The minimum atomic E-state index is 0.808. The van der Waals surface area contributed by atoms with Gasteiger partial charge in [0.2, 0.25) is 0 Å². The molecule has 84 valence electrons. The van der Waals surface area contributed by atoms with Gasteiger partial charge in [-0.05, 0) is 13.3 Å². The van der Waals surface area contributed by atoms with E-state index >= 15 is 0 Å². The van der Waals surface area contributed by atoms with Gasteiger partial charge in [0.15, 0.2) is 5.82 Å². The highest BCUT2D eigenvalue weighted by atomic mass is 15.1. The van der Waals surface area contributed by atoms with Gasteiger partial charge in [-0.15, -0.1) is 0 Å². The molecule has 0 aliphatic rings. The first-order chi connectivity index (χ1) is 7.20. The van der Waals surface area contributed by atoms with Crippen LogP contribution in [0.5, 0.6) is 0 Å². The topological polar surface area (TPSA) is 30.2 Å². The second kappa shape index (κ2) is 6.98. The third-order valence-electron chi connectivity index (χ3n) is 2.05. The lowest BCUT2D eigenvalue weighted by atomic mass is 10.3. The largest absolute Gasteiger partial charge is 0.333 e. The van der Waals surface area contributed by atoms with Crippen molar-refractivity contribution in [1.29, 1.82) is 0 Å². The van der Waals surface area contributed by atoms with Gasteiger partial charge in [0.25, 0.3) is 0 Å². The number of allylic oxidation sites excluding steroid dienone is 1. The summed E-state index contributed by atoms with van der Waals surface area (Å²) in [6.45, 7) is 11.7. The number of hydrogen-bond donors (Lipinski definition) is 0. The maximum atomic E-state index is 4.34. The number of imidazole rings is 1. The third kappa shape index (κ3) is 3.35. The van der Waals surface area contributed by atoms with Crippen LogP contribution in [-0.2, 0) is 13.5 Å². The summed E-state index contributed by atoms with van der Waals surface area (Å²) in [6.07, 6.45) is 4.27. The summed E-state index contributed by atoms with van der Waals surface area (Å²) in [5.74, 6) is 1.80. The number of rotatable bonds is 3. The first kappa shape index (κ1) is 13.6. The number of aryl methyl sites for hydroxylation is 1. The lowest BCUT2D eigenvalue weighted by Gasteiger charge is -1.99. The Morgan fingerprint density at radius 1 is 1.47 bits per heavy atom. The summed E-state index contributed by atoms with van der Waals surface area (Å²) in [4.78, 5) is 8.54. The molecular formula is C12H21N3. The van der Waals surface area contributed by atoms with E-state index in [0.29, 0.717) is 0 Å². The summed E-state index contributed by atoms with van der Waals surface area (Å²) in [5.41, 5.74) is 1.16. The Morgan fingerprint density at radius 3 is 2.53 bits per heavy atom. The summed E-state index contributed by atoms with van der Waals surface area (Å²) < 4.78 is 2.07.